The van der Waals surface area contributed by atoms with Gasteiger partial charge in [-0.1, -0.05) is 18.2 Å². The van der Waals surface area contributed by atoms with E-state index < -0.39 is 0 Å². The molecule has 0 unspecified atom stereocenters. The van der Waals surface area contributed by atoms with E-state index in [9.17, 15) is 4.79 Å². The first kappa shape index (κ1) is 15.3. The van der Waals surface area contributed by atoms with Gasteiger partial charge in [0.05, 0.1) is 5.56 Å². The van der Waals surface area contributed by atoms with Crippen molar-refractivity contribution in [2.24, 2.45) is 0 Å². The Bertz CT molecular complexity index is 807. The van der Waals surface area contributed by atoms with Crippen molar-refractivity contribution in [1.29, 1.82) is 0 Å². The van der Waals surface area contributed by atoms with E-state index in [1.54, 1.807) is 12.1 Å². The molecule has 0 saturated carbocycles. The number of ether oxygens (including phenoxy) is 1. The molecular formula is C19H20N2O2. The standard InChI is InChI=1S/C19H20N2O2/c1-21(2)11-10-15-13-20-18-12-16(8-9-17(15)18)23-19(22)14-6-4-3-5-7-14/h3-9,12-13,20H,10-11H2,1-2H3. The van der Waals surface area contributed by atoms with Crippen LogP contribution in [0.3, 0.4) is 0 Å². The lowest BCUT2D eigenvalue weighted by Gasteiger charge is -2.08. The fraction of sp³-hybridized carbons (Fsp3) is 0.211. The first-order valence-electron chi connectivity index (χ1n) is 7.65. The van der Waals surface area contributed by atoms with Crippen LogP contribution in [-0.2, 0) is 6.42 Å². The number of hydrogen-bond acceptors (Lipinski definition) is 3. The normalized spacial score (nSPS) is 11.1. The van der Waals surface area contributed by atoms with Crippen LogP contribution >= 0.6 is 0 Å². The SMILES string of the molecule is CN(C)CCc1c[nH]c2cc(OC(=O)c3ccccc3)ccc12. The number of aromatic nitrogens is 1. The van der Waals surface area contributed by atoms with Crippen LogP contribution in [0.25, 0.3) is 10.9 Å². The first-order chi connectivity index (χ1) is 11.1. The van der Waals surface area contributed by atoms with Crippen molar-refractivity contribution >= 4 is 16.9 Å². The number of esters is 1. The maximum absolute atomic E-state index is 12.1. The van der Waals surface area contributed by atoms with E-state index >= 15 is 0 Å². The quantitative estimate of drug-likeness (QED) is 0.579. The van der Waals surface area contributed by atoms with E-state index in [1.807, 2.05) is 42.6 Å². The van der Waals surface area contributed by atoms with Gasteiger partial charge in [-0.25, -0.2) is 4.79 Å². The lowest BCUT2D eigenvalue weighted by Crippen LogP contribution is -2.14. The average Bonchev–Trinajstić information content (AvgIpc) is 2.96. The van der Waals surface area contributed by atoms with Gasteiger partial charge in [0, 0.05) is 29.7 Å². The van der Waals surface area contributed by atoms with Gasteiger partial charge in [-0.05, 0) is 50.3 Å². The molecule has 0 atom stereocenters. The molecule has 0 aliphatic rings. The summed E-state index contributed by atoms with van der Waals surface area (Å²) in [4.78, 5) is 17.5. The second-order valence-corrected chi connectivity index (χ2v) is 5.83. The molecule has 2 aromatic carbocycles. The Morgan fingerprint density at radius 2 is 1.91 bits per heavy atom. The van der Waals surface area contributed by atoms with Crippen LogP contribution in [0.4, 0.5) is 0 Å². The van der Waals surface area contributed by atoms with Crippen molar-refractivity contribution in [3.8, 4) is 5.75 Å². The van der Waals surface area contributed by atoms with E-state index in [-0.39, 0.29) is 5.97 Å². The van der Waals surface area contributed by atoms with Crippen LogP contribution in [0.15, 0.2) is 54.7 Å². The van der Waals surface area contributed by atoms with Gasteiger partial charge in [-0.2, -0.15) is 0 Å². The summed E-state index contributed by atoms with van der Waals surface area (Å²) >= 11 is 0. The molecule has 23 heavy (non-hydrogen) atoms. The monoisotopic (exact) mass is 308 g/mol. The Balaban J connectivity index is 1.77. The molecule has 3 rings (SSSR count). The minimum absolute atomic E-state index is 0.343. The number of hydrogen-bond donors (Lipinski definition) is 1. The lowest BCUT2D eigenvalue weighted by atomic mass is 10.1. The number of nitrogens with one attached hydrogen (secondary N) is 1. The fourth-order valence-electron chi connectivity index (χ4n) is 2.52. The number of nitrogens with zero attached hydrogens (tertiary/aromatic N) is 1. The summed E-state index contributed by atoms with van der Waals surface area (Å²) in [5.41, 5.74) is 2.80. The highest BCUT2D eigenvalue weighted by Crippen LogP contribution is 2.24. The van der Waals surface area contributed by atoms with E-state index in [2.05, 4.69) is 24.0 Å². The fourth-order valence-corrected chi connectivity index (χ4v) is 2.52. The number of likely N-dealkylation sites (N-methyl/N-ethyl adjacent to an activating group) is 1. The second-order valence-electron chi connectivity index (χ2n) is 5.83. The van der Waals surface area contributed by atoms with E-state index in [0.717, 1.165) is 18.5 Å². The van der Waals surface area contributed by atoms with Gasteiger partial charge < -0.3 is 14.6 Å². The molecule has 0 fully saturated rings. The number of carbonyl (C=O) groups excluding carboxylic acids is 1. The topological polar surface area (TPSA) is 45.3 Å². The Kier molecular flexibility index (Phi) is 4.44. The van der Waals surface area contributed by atoms with Crippen LogP contribution in [-0.4, -0.2) is 36.5 Å². The third-order valence-electron chi connectivity index (χ3n) is 3.79. The second kappa shape index (κ2) is 6.67. The molecule has 1 N–H and O–H groups in total. The lowest BCUT2D eigenvalue weighted by molar-refractivity contribution is 0.0735. The molecule has 3 aromatic rings. The summed E-state index contributed by atoms with van der Waals surface area (Å²) in [6.07, 6.45) is 3.01. The molecule has 0 bridgehead atoms. The van der Waals surface area contributed by atoms with Crippen LogP contribution < -0.4 is 4.74 Å². The Morgan fingerprint density at radius 3 is 2.65 bits per heavy atom. The van der Waals surface area contributed by atoms with Crippen LogP contribution in [0.5, 0.6) is 5.75 Å². The number of fused-ring (bicyclic) bond motifs is 1. The van der Waals surface area contributed by atoms with Crippen molar-refractivity contribution in [2.45, 2.75) is 6.42 Å². The third-order valence-corrected chi connectivity index (χ3v) is 3.79. The van der Waals surface area contributed by atoms with Crippen molar-refractivity contribution in [3.05, 3.63) is 65.9 Å². The highest BCUT2D eigenvalue weighted by Gasteiger charge is 2.10. The van der Waals surface area contributed by atoms with Gasteiger partial charge in [0.15, 0.2) is 0 Å². The van der Waals surface area contributed by atoms with Gasteiger partial charge in [-0.15, -0.1) is 0 Å². The van der Waals surface area contributed by atoms with Gasteiger partial charge >= 0.3 is 5.97 Å². The summed E-state index contributed by atoms with van der Waals surface area (Å²) in [5.74, 6) is 0.205. The Labute approximate surface area is 135 Å². The molecule has 4 heteroatoms. The van der Waals surface area contributed by atoms with Crippen LogP contribution in [0, 0.1) is 0 Å². The van der Waals surface area contributed by atoms with Crippen LogP contribution in [0.1, 0.15) is 15.9 Å². The first-order valence-corrected chi connectivity index (χ1v) is 7.65. The zero-order valence-corrected chi connectivity index (χ0v) is 13.4. The number of H-pyrrole nitrogens is 1. The predicted octanol–water partition coefficient (Wildman–Crippen LogP) is 3.49. The summed E-state index contributed by atoms with van der Waals surface area (Å²) < 4.78 is 5.45. The number of carbonyl (C=O) groups is 1. The molecule has 0 spiro atoms. The molecular weight excluding hydrogens is 288 g/mol. The highest BCUT2D eigenvalue weighted by atomic mass is 16.5. The summed E-state index contributed by atoms with van der Waals surface area (Å²) in [6, 6.07) is 14.7. The molecule has 4 nitrogen and oxygen atoms in total. The maximum atomic E-state index is 12.1. The molecule has 0 amide bonds. The zero-order valence-electron chi connectivity index (χ0n) is 13.4. The molecule has 0 aliphatic heterocycles. The van der Waals surface area contributed by atoms with E-state index in [1.165, 1.54) is 10.9 Å². The van der Waals surface area contributed by atoms with Gasteiger partial charge in [-0.3, -0.25) is 0 Å². The minimum atomic E-state index is -0.343. The van der Waals surface area contributed by atoms with Gasteiger partial charge in [0.1, 0.15) is 5.75 Å². The molecule has 1 heterocycles. The Morgan fingerprint density at radius 1 is 1.13 bits per heavy atom. The summed E-state index contributed by atoms with van der Waals surface area (Å²) in [6.45, 7) is 0.998. The maximum Gasteiger partial charge on any atom is 0.343 e. The third kappa shape index (κ3) is 3.60. The van der Waals surface area contributed by atoms with E-state index in [0.29, 0.717) is 11.3 Å². The average molecular weight is 308 g/mol. The number of aromatic amines is 1. The molecule has 118 valence electrons. The predicted molar refractivity (Wildman–Crippen MR) is 92.0 cm³/mol. The van der Waals surface area contributed by atoms with Crippen molar-refractivity contribution in [2.75, 3.05) is 20.6 Å². The van der Waals surface area contributed by atoms with Gasteiger partial charge in [0.2, 0.25) is 0 Å². The number of benzene rings is 2. The smallest absolute Gasteiger partial charge is 0.343 e. The van der Waals surface area contributed by atoms with Crippen molar-refractivity contribution < 1.29 is 9.53 Å². The summed E-state index contributed by atoms with van der Waals surface area (Å²) in [5, 5.41) is 1.17. The van der Waals surface area contributed by atoms with Crippen molar-refractivity contribution in [1.82, 2.24) is 9.88 Å². The minimum Gasteiger partial charge on any atom is -0.423 e. The zero-order chi connectivity index (χ0) is 16.2. The highest BCUT2D eigenvalue weighted by molar-refractivity contribution is 5.92. The Hall–Kier alpha value is -2.59. The molecule has 0 saturated heterocycles. The largest absolute Gasteiger partial charge is 0.423 e. The van der Waals surface area contributed by atoms with Gasteiger partial charge in [0.25, 0.3) is 0 Å². The van der Waals surface area contributed by atoms with E-state index in [4.69, 9.17) is 4.74 Å². The van der Waals surface area contributed by atoms with Crippen LogP contribution in [0.2, 0.25) is 0 Å². The molecule has 1 aromatic heterocycles. The molecule has 0 aliphatic carbocycles. The molecule has 0 radical (unpaired) electrons. The number of rotatable bonds is 5. The summed E-state index contributed by atoms with van der Waals surface area (Å²) in [7, 11) is 4.13. The van der Waals surface area contributed by atoms with Crippen molar-refractivity contribution in [3.63, 3.8) is 0 Å².